The Labute approximate surface area is 125 Å². The number of carbonyl (C=O) groups is 1. The van der Waals surface area contributed by atoms with Gasteiger partial charge in [-0.2, -0.15) is 0 Å². The number of methoxy groups -OCH3 is 1. The Bertz CT molecular complexity index is 611. The van der Waals surface area contributed by atoms with Gasteiger partial charge in [0.25, 0.3) is 0 Å². The topological polar surface area (TPSA) is 50.4 Å². The van der Waals surface area contributed by atoms with Crippen LogP contribution >= 0.6 is 0 Å². The van der Waals surface area contributed by atoms with Gasteiger partial charge in [-0.1, -0.05) is 36.4 Å². The van der Waals surface area contributed by atoms with E-state index in [1.165, 1.54) is 5.56 Å². The van der Waals surface area contributed by atoms with Crippen LogP contribution in [0.15, 0.2) is 48.5 Å². The van der Waals surface area contributed by atoms with Crippen molar-refractivity contribution in [2.75, 3.05) is 7.11 Å². The van der Waals surface area contributed by atoms with Crippen molar-refractivity contribution in [3.8, 4) is 5.75 Å². The fourth-order valence-electron chi connectivity index (χ4n) is 2.01. The minimum Gasteiger partial charge on any atom is -0.497 e. The average molecular weight is 284 g/mol. The molecule has 0 unspecified atom stereocenters. The van der Waals surface area contributed by atoms with Crippen molar-refractivity contribution >= 4 is 6.03 Å². The summed E-state index contributed by atoms with van der Waals surface area (Å²) in [5.41, 5.74) is 3.29. The van der Waals surface area contributed by atoms with Gasteiger partial charge in [0.05, 0.1) is 7.11 Å². The van der Waals surface area contributed by atoms with Crippen LogP contribution in [-0.4, -0.2) is 13.1 Å². The highest BCUT2D eigenvalue weighted by molar-refractivity contribution is 5.73. The quantitative estimate of drug-likeness (QED) is 0.886. The molecule has 2 rings (SSSR count). The summed E-state index contributed by atoms with van der Waals surface area (Å²) in [7, 11) is 1.63. The maximum Gasteiger partial charge on any atom is 0.315 e. The van der Waals surface area contributed by atoms with Gasteiger partial charge in [0.1, 0.15) is 5.75 Å². The molecule has 0 fully saturated rings. The normalized spacial score (nSPS) is 10.0. The number of ether oxygens (including phenoxy) is 1. The van der Waals surface area contributed by atoms with E-state index in [1.807, 2.05) is 55.5 Å². The van der Waals surface area contributed by atoms with Crippen molar-refractivity contribution in [2.24, 2.45) is 0 Å². The van der Waals surface area contributed by atoms with Crippen LogP contribution in [0.5, 0.6) is 5.75 Å². The number of benzene rings is 2. The Morgan fingerprint density at radius 2 is 1.81 bits per heavy atom. The molecule has 2 amide bonds. The summed E-state index contributed by atoms with van der Waals surface area (Å²) in [5.74, 6) is 0.787. The molecule has 0 aromatic heterocycles. The highest BCUT2D eigenvalue weighted by Gasteiger charge is 2.03. The molecule has 0 atom stereocenters. The molecule has 2 aromatic rings. The number of amides is 2. The monoisotopic (exact) mass is 284 g/mol. The lowest BCUT2D eigenvalue weighted by atomic mass is 10.1. The molecule has 21 heavy (non-hydrogen) atoms. The predicted octanol–water partition coefficient (Wildman–Crippen LogP) is 3.00. The Balaban J connectivity index is 1.81. The second-order valence-corrected chi connectivity index (χ2v) is 4.81. The Morgan fingerprint density at radius 3 is 2.57 bits per heavy atom. The van der Waals surface area contributed by atoms with Crippen molar-refractivity contribution in [3.63, 3.8) is 0 Å². The first-order valence-electron chi connectivity index (χ1n) is 6.88. The first-order valence-corrected chi connectivity index (χ1v) is 6.88. The van der Waals surface area contributed by atoms with Gasteiger partial charge in [-0.25, -0.2) is 4.79 Å². The third kappa shape index (κ3) is 4.53. The van der Waals surface area contributed by atoms with Gasteiger partial charge in [0, 0.05) is 13.1 Å². The smallest absolute Gasteiger partial charge is 0.315 e. The SMILES string of the molecule is COc1cccc(CNC(=O)NCc2ccccc2C)c1. The van der Waals surface area contributed by atoms with Gasteiger partial charge in [0.15, 0.2) is 0 Å². The number of rotatable bonds is 5. The van der Waals surface area contributed by atoms with Crippen LogP contribution in [0.4, 0.5) is 4.79 Å². The first kappa shape index (κ1) is 14.9. The minimum absolute atomic E-state index is 0.180. The fourth-order valence-corrected chi connectivity index (χ4v) is 2.01. The summed E-state index contributed by atoms with van der Waals surface area (Å²) in [4.78, 5) is 11.8. The minimum atomic E-state index is -0.180. The lowest BCUT2D eigenvalue weighted by Crippen LogP contribution is -2.34. The number of hydrogen-bond donors (Lipinski definition) is 2. The van der Waals surface area contributed by atoms with Crippen LogP contribution in [0.25, 0.3) is 0 Å². The molecule has 0 saturated carbocycles. The van der Waals surface area contributed by atoms with E-state index in [1.54, 1.807) is 7.11 Å². The highest BCUT2D eigenvalue weighted by atomic mass is 16.5. The van der Waals surface area contributed by atoms with Gasteiger partial charge in [-0.15, -0.1) is 0 Å². The number of carbonyl (C=O) groups excluding carboxylic acids is 1. The van der Waals surface area contributed by atoms with Crippen LogP contribution in [-0.2, 0) is 13.1 Å². The summed E-state index contributed by atoms with van der Waals surface area (Å²) in [5, 5.41) is 5.69. The molecular weight excluding hydrogens is 264 g/mol. The first-order chi connectivity index (χ1) is 10.2. The van der Waals surface area contributed by atoms with Crippen LogP contribution in [0, 0.1) is 6.92 Å². The fraction of sp³-hybridized carbons (Fsp3) is 0.235. The van der Waals surface area contributed by atoms with E-state index < -0.39 is 0 Å². The van der Waals surface area contributed by atoms with E-state index in [-0.39, 0.29) is 6.03 Å². The number of hydrogen-bond acceptors (Lipinski definition) is 2. The van der Waals surface area contributed by atoms with Gasteiger partial charge in [-0.3, -0.25) is 0 Å². The maximum atomic E-state index is 11.8. The standard InChI is InChI=1S/C17H20N2O2/c1-13-6-3-4-8-15(13)12-19-17(20)18-11-14-7-5-9-16(10-14)21-2/h3-10H,11-12H2,1-2H3,(H2,18,19,20). The second kappa shape index (κ2) is 7.33. The average Bonchev–Trinajstić information content (AvgIpc) is 2.52. The molecule has 2 aromatic carbocycles. The number of nitrogens with one attached hydrogen (secondary N) is 2. The molecule has 0 aliphatic heterocycles. The summed E-state index contributed by atoms with van der Waals surface area (Å²) in [6, 6.07) is 15.5. The molecule has 0 heterocycles. The Hall–Kier alpha value is -2.49. The molecular formula is C17H20N2O2. The van der Waals surface area contributed by atoms with Crippen LogP contribution < -0.4 is 15.4 Å². The van der Waals surface area contributed by atoms with E-state index in [0.717, 1.165) is 16.9 Å². The van der Waals surface area contributed by atoms with E-state index >= 15 is 0 Å². The van der Waals surface area contributed by atoms with Crippen molar-refractivity contribution in [3.05, 3.63) is 65.2 Å². The zero-order valence-corrected chi connectivity index (χ0v) is 12.3. The predicted molar refractivity (Wildman–Crippen MR) is 83.2 cm³/mol. The summed E-state index contributed by atoms with van der Waals surface area (Å²) < 4.78 is 5.15. The zero-order valence-electron chi connectivity index (χ0n) is 12.3. The molecule has 4 heteroatoms. The molecule has 0 aliphatic rings. The highest BCUT2D eigenvalue weighted by Crippen LogP contribution is 2.12. The molecule has 0 bridgehead atoms. The van der Waals surface area contributed by atoms with E-state index in [0.29, 0.717) is 13.1 Å². The van der Waals surface area contributed by atoms with E-state index in [9.17, 15) is 4.79 Å². The summed E-state index contributed by atoms with van der Waals surface area (Å²) >= 11 is 0. The Morgan fingerprint density at radius 1 is 1.05 bits per heavy atom. The molecule has 0 spiro atoms. The van der Waals surface area contributed by atoms with E-state index in [4.69, 9.17) is 4.74 Å². The molecule has 0 aliphatic carbocycles. The molecule has 110 valence electrons. The number of urea groups is 1. The molecule has 2 N–H and O–H groups in total. The maximum absolute atomic E-state index is 11.8. The second-order valence-electron chi connectivity index (χ2n) is 4.81. The summed E-state index contributed by atoms with van der Waals surface area (Å²) in [6.07, 6.45) is 0. The van der Waals surface area contributed by atoms with Crippen LogP contribution in [0.3, 0.4) is 0 Å². The lowest BCUT2D eigenvalue weighted by molar-refractivity contribution is 0.240. The van der Waals surface area contributed by atoms with Gasteiger partial charge in [0.2, 0.25) is 0 Å². The third-order valence-electron chi connectivity index (χ3n) is 3.29. The van der Waals surface area contributed by atoms with Crippen molar-refractivity contribution < 1.29 is 9.53 Å². The van der Waals surface area contributed by atoms with Crippen LogP contribution in [0.1, 0.15) is 16.7 Å². The van der Waals surface area contributed by atoms with Gasteiger partial charge in [-0.05, 0) is 35.7 Å². The van der Waals surface area contributed by atoms with Crippen LogP contribution in [0.2, 0.25) is 0 Å². The molecule has 0 saturated heterocycles. The van der Waals surface area contributed by atoms with Crippen molar-refractivity contribution in [2.45, 2.75) is 20.0 Å². The molecule has 4 nitrogen and oxygen atoms in total. The molecule has 0 radical (unpaired) electrons. The van der Waals surface area contributed by atoms with Crippen molar-refractivity contribution in [1.82, 2.24) is 10.6 Å². The van der Waals surface area contributed by atoms with Gasteiger partial charge >= 0.3 is 6.03 Å². The Kier molecular flexibility index (Phi) is 5.21. The number of aryl methyl sites for hydroxylation is 1. The van der Waals surface area contributed by atoms with Gasteiger partial charge < -0.3 is 15.4 Å². The third-order valence-corrected chi connectivity index (χ3v) is 3.29. The zero-order chi connectivity index (χ0) is 15.1. The van der Waals surface area contributed by atoms with Crippen molar-refractivity contribution in [1.29, 1.82) is 0 Å². The largest absolute Gasteiger partial charge is 0.497 e. The van der Waals surface area contributed by atoms with E-state index in [2.05, 4.69) is 10.6 Å². The lowest BCUT2D eigenvalue weighted by Gasteiger charge is -2.10. The summed E-state index contributed by atoms with van der Waals surface area (Å²) in [6.45, 7) is 3.03.